The molecular formula is C14H19NO5. The van der Waals surface area contributed by atoms with Crippen LogP contribution < -0.4 is 4.74 Å². The minimum Gasteiger partial charge on any atom is -0.497 e. The topological polar surface area (TPSA) is 79.2 Å². The monoisotopic (exact) mass is 281 g/mol. The molecule has 0 fully saturated rings. The van der Waals surface area contributed by atoms with Crippen molar-refractivity contribution in [3.8, 4) is 5.75 Å². The van der Waals surface area contributed by atoms with E-state index in [2.05, 4.69) is 0 Å². The van der Waals surface area contributed by atoms with Crippen LogP contribution in [0.25, 0.3) is 6.08 Å². The second-order valence-electron chi connectivity index (χ2n) is 3.89. The number of carbonyl (C=O) groups excluding carboxylic acids is 1. The lowest BCUT2D eigenvalue weighted by molar-refractivity contribution is -0.187. The molecule has 0 bridgehead atoms. The van der Waals surface area contributed by atoms with E-state index in [-0.39, 0.29) is 26.3 Å². The summed E-state index contributed by atoms with van der Waals surface area (Å²) < 4.78 is 5.03. The van der Waals surface area contributed by atoms with Crippen LogP contribution in [0.2, 0.25) is 0 Å². The zero-order valence-electron chi connectivity index (χ0n) is 11.4. The number of rotatable bonds is 8. The Labute approximate surface area is 117 Å². The van der Waals surface area contributed by atoms with Gasteiger partial charge in [0, 0.05) is 6.08 Å². The highest BCUT2D eigenvalue weighted by atomic mass is 16.7. The molecule has 0 unspecified atom stereocenters. The van der Waals surface area contributed by atoms with Crippen molar-refractivity contribution in [2.75, 3.05) is 33.4 Å². The van der Waals surface area contributed by atoms with Crippen molar-refractivity contribution < 1.29 is 24.6 Å². The molecule has 0 aromatic heterocycles. The van der Waals surface area contributed by atoms with Crippen LogP contribution in [-0.4, -0.2) is 54.7 Å². The van der Waals surface area contributed by atoms with Gasteiger partial charge in [-0.15, -0.1) is 5.06 Å². The van der Waals surface area contributed by atoms with Crippen LogP contribution in [0.5, 0.6) is 5.75 Å². The Kier molecular flexibility index (Phi) is 7.34. The summed E-state index contributed by atoms with van der Waals surface area (Å²) in [4.78, 5) is 16.5. The van der Waals surface area contributed by atoms with Gasteiger partial charge < -0.3 is 19.8 Å². The number of ether oxygens (including phenoxy) is 1. The van der Waals surface area contributed by atoms with E-state index in [0.29, 0.717) is 0 Å². The van der Waals surface area contributed by atoms with Gasteiger partial charge in [0.2, 0.25) is 0 Å². The summed E-state index contributed by atoms with van der Waals surface area (Å²) in [5.41, 5.74) is 0.832. The van der Waals surface area contributed by atoms with Crippen molar-refractivity contribution in [3.05, 3.63) is 35.9 Å². The first-order valence-corrected chi connectivity index (χ1v) is 6.20. The van der Waals surface area contributed by atoms with E-state index in [1.165, 1.54) is 11.1 Å². The van der Waals surface area contributed by atoms with E-state index in [1.54, 1.807) is 25.3 Å². The number of hydroxylamine groups is 2. The quantitative estimate of drug-likeness (QED) is 0.532. The molecule has 0 heterocycles. The summed E-state index contributed by atoms with van der Waals surface area (Å²) >= 11 is 0. The Bertz CT molecular complexity index is 424. The zero-order valence-corrected chi connectivity index (χ0v) is 11.4. The highest BCUT2D eigenvalue weighted by molar-refractivity contribution is 5.86. The van der Waals surface area contributed by atoms with Crippen molar-refractivity contribution in [3.63, 3.8) is 0 Å². The fourth-order valence-corrected chi connectivity index (χ4v) is 1.46. The van der Waals surface area contributed by atoms with Crippen molar-refractivity contribution in [2.45, 2.75) is 0 Å². The first-order chi connectivity index (χ1) is 9.69. The van der Waals surface area contributed by atoms with Crippen molar-refractivity contribution in [1.29, 1.82) is 0 Å². The van der Waals surface area contributed by atoms with Crippen LogP contribution in [0, 0.1) is 0 Å². The number of methoxy groups -OCH3 is 1. The van der Waals surface area contributed by atoms with Gasteiger partial charge in [0.25, 0.3) is 0 Å². The maximum atomic E-state index is 11.6. The lowest BCUT2D eigenvalue weighted by Gasteiger charge is -2.17. The fraction of sp³-hybridized carbons (Fsp3) is 0.357. The first kappa shape index (κ1) is 16.2. The van der Waals surface area contributed by atoms with E-state index in [4.69, 9.17) is 19.8 Å². The van der Waals surface area contributed by atoms with Gasteiger partial charge in [-0.25, -0.2) is 4.79 Å². The standard InChI is InChI=1S/C14H19NO5/c1-19-13-5-2-12(3-6-13)4-7-14(18)20-15(8-10-16)9-11-17/h2-7,16-17H,8-11H2,1H3/b7-4+. The van der Waals surface area contributed by atoms with Gasteiger partial charge in [0.15, 0.2) is 0 Å². The predicted molar refractivity (Wildman–Crippen MR) is 73.9 cm³/mol. The Balaban J connectivity index is 2.52. The van der Waals surface area contributed by atoms with Crippen LogP contribution in [-0.2, 0) is 9.63 Å². The molecule has 2 N–H and O–H groups in total. The third-order valence-corrected chi connectivity index (χ3v) is 2.45. The summed E-state index contributed by atoms with van der Waals surface area (Å²) in [5.74, 6) is 0.171. The van der Waals surface area contributed by atoms with Crippen molar-refractivity contribution in [2.24, 2.45) is 0 Å². The van der Waals surface area contributed by atoms with Crippen molar-refractivity contribution in [1.82, 2.24) is 5.06 Å². The lowest BCUT2D eigenvalue weighted by Crippen LogP contribution is -2.32. The molecule has 6 heteroatoms. The number of hydrogen-bond donors (Lipinski definition) is 2. The summed E-state index contributed by atoms with van der Waals surface area (Å²) in [7, 11) is 1.58. The maximum Gasteiger partial charge on any atom is 0.349 e. The Morgan fingerprint density at radius 3 is 2.30 bits per heavy atom. The Hall–Kier alpha value is -1.89. The number of aliphatic hydroxyl groups excluding tert-OH is 2. The molecule has 110 valence electrons. The normalized spacial score (nSPS) is 11.0. The van der Waals surface area contributed by atoms with Crippen LogP contribution in [0.1, 0.15) is 5.56 Å². The average Bonchev–Trinajstić information content (AvgIpc) is 2.46. The Morgan fingerprint density at radius 1 is 1.20 bits per heavy atom. The number of carbonyl (C=O) groups is 1. The number of nitrogens with zero attached hydrogens (tertiary/aromatic N) is 1. The third kappa shape index (κ3) is 5.83. The number of aliphatic hydroxyl groups is 2. The summed E-state index contributed by atoms with van der Waals surface area (Å²) in [5, 5.41) is 18.8. The second-order valence-corrected chi connectivity index (χ2v) is 3.89. The summed E-state index contributed by atoms with van der Waals surface area (Å²) in [6.45, 7) is -0.00367. The van der Waals surface area contributed by atoms with Gasteiger partial charge in [0.05, 0.1) is 33.4 Å². The minimum atomic E-state index is -0.567. The molecule has 0 amide bonds. The first-order valence-electron chi connectivity index (χ1n) is 6.20. The van der Waals surface area contributed by atoms with Gasteiger partial charge in [-0.1, -0.05) is 12.1 Å². The molecule has 0 aliphatic carbocycles. The largest absolute Gasteiger partial charge is 0.497 e. The minimum absolute atomic E-state index is 0.155. The molecule has 6 nitrogen and oxygen atoms in total. The molecule has 20 heavy (non-hydrogen) atoms. The van der Waals surface area contributed by atoms with Gasteiger partial charge >= 0.3 is 5.97 Å². The Morgan fingerprint density at radius 2 is 1.80 bits per heavy atom. The molecule has 0 atom stereocenters. The third-order valence-electron chi connectivity index (χ3n) is 2.45. The lowest BCUT2D eigenvalue weighted by atomic mass is 10.2. The fourth-order valence-electron chi connectivity index (χ4n) is 1.46. The molecular weight excluding hydrogens is 262 g/mol. The van der Waals surface area contributed by atoms with E-state index in [0.717, 1.165) is 11.3 Å². The zero-order chi connectivity index (χ0) is 14.8. The predicted octanol–water partition coefficient (Wildman–Crippen LogP) is 0.453. The number of hydrogen-bond acceptors (Lipinski definition) is 6. The summed E-state index contributed by atoms with van der Waals surface area (Å²) in [6.07, 6.45) is 2.89. The van der Waals surface area contributed by atoms with Gasteiger partial charge in [0.1, 0.15) is 5.75 Å². The van der Waals surface area contributed by atoms with Crippen molar-refractivity contribution >= 4 is 12.0 Å². The number of benzene rings is 1. The average molecular weight is 281 g/mol. The van der Waals surface area contributed by atoms with Gasteiger partial charge in [-0.2, -0.15) is 0 Å². The molecule has 0 saturated heterocycles. The molecule has 0 spiro atoms. The van der Waals surface area contributed by atoms with Gasteiger partial charge in [-0.3, -0.25) is 0 Å². The van der Waals surface area contributed by atoms with Crippen LogP contribution >= 0.6 is 0 Å². The van der Waals surface area contributed by atoms with Crippen LogP contribution in [0.15, 0.2) is 30.3 Å². The van der Waals surface area contributed by atoms with Crippen LogP contribution in [0.3, 0.4) is 0 Å². The molecule has 1 aromatic carbocycles. The van der Waals surface area contributed by atoms with Gasteiger partial charge in [-0.05, 0) is 23.8 Å². The smallest absolute Gasteiger partial charge is 0.349 e. The SMILES string of the molecule is COc1ccc(/C=C/C(=O)ON(CCO)CCO)cc1. The second kappa shape index (κ2) is 9.08. The molecule has 1 aromatic rings. The van der Waals surface area contributed by atoms with E-state index in [9.17, 15) is 4.79 Å². The maximum absolute atomic E-state index is 11.6. The molecule has 1 rings (SSSR count). The van der Waals surface area contributed by atoms with E-state index >= 15 is 0 Å². The molecule has 0 radical (unpaired) electrons. The molecule has 0 saturated carbocycles. The molecule has 0 aliphatic heterocycles. The van der Waals surface area contributed by atoms with E-state index < -0.39 is 5.97 Å². The van der Waals surface area contributed by atoms with E-state index in [1.807, 2.05) is 12.1 Å². The highest BCUT2D eigenvalue weighted by Gasteiger charge is 2.08. The summed E-state index contributed by atoms with van der Waals surface area (Å²) in [6, 6.07) is 7.19. The highest BCUT2D eigenvalue weighted by Crippen LogP contribution is 2.12. The molecule has 0 aliphatic rings. The van der Waals surface area contributed by atoms with Crippen LogP contribution in [0.4, 0.5) is 0 Å².